The van der Waals surface area contributed by atoms with Crippen LogP contribution < -0.4 is 16.0 Å². The summed E-state index contributed by atoms with van der Waals surface area (Å²) in [6.45, 7) is -2.48. The minimum Gasteiger partial charge on any atom is -0.374 e. The van der Waals surface area contributed by atoms with Crippen molar-refractivity contribution in [2.45, 2.75) is 34.8 Å². The zero-order chi connectivity index (χ0) is 37.8. The Kier molecular flexibility index (Phi) is 10.5. The topological polar surface area (TPSA) is 79.5 Å². The molecule has 1 saturated carbocycles. The van der Waals surface area contributed by atoms with Crippen LogP contribution in [0.15, 0.2) is 48.5 Å². The third-order valence-electron chi connectivity index (χ3n) is 6.97. The van der Waals surface area contributed by atoms with Crippen molar-refractivity contribution in [2.24, 2.45) is 5.92 Å². The summed E-state index contributed by atoms with van der Waals surface area (Å²) in [5.74, 6) is -15.7. The fraction of sp³-hybridized carbons (Fsp3) is 0.286. The Hall–Kier alpha value is -3.68. The van der Waals surface area contributed by atoms with Crippen LogP contribution in [-0.4, -0.2) is 41.1 Å². The Morgan fingerprint density at radius 1 is 0.820 bits per heavy atom. The van der Waals surface area contributed by atoms with Crippen LogP contribution in [0.4, 0.5) is 74.1 Å². The SMILES string of the molecule is O=C(Nc1ccc(F)c(NCC(F)(F)C(F)(F)OC(F)(F)F)c1F)c1cc(NC(=O)[C@H]2[C@H](c3ccc(F)c(C(F)(F)F)c3)C2(Cl)Cl)ccc1Cl. The van der Waals surface area contributed by atoms with Crippen LogP contribution in [0.2, 0.25) is 5.02 Å². The lowest BCUT2D eigenvalue weighted by atomic mass is 10.0. The monoisotopic (exact) mass is 793 g/mol. The smallest absolute Gasteiger partial charge is 0.374 e. The van der Waals surface area contributed by atoms with Gasteiger partial charge in [0.05, 0.1) is 34.3 Å². The molecule has 0 spiro atoms. The number of hydrogen-bond donors (Lipinski definition) is 3. The minimum atomic E-state index is -6.21. The van der Waals surface area contributed by atoms with Gasteiger partial charge in [-0.05, 0) is 48.0 Å². The van der Waals surface area contributed by atoms with E-state index in [4.69, 9.17) is 34.8 Å². The molecule has 50 heavy (non-hydrogen) atoms. The van der Waals surface area contributed by atoms with E-state index in [1.54, 1.807) is 0 Å². The molecule has 2 amide bonds. The molecule has 272 valence electrons. The predicted octanol–water partition coefficient (Wildman–Crippen LogP) is 9.73. The second-order valence-electron chi connectivity index (χ2n) is 10.4. The Morgan fingerprint density at radius 3 is 2.04 bits per heavy atom. The molecular formula is C28H15Cl3F13N3O3. The first-order valence-electron chi connectivity index (χ1n) is 13.2. The van der Waals surface area contributed by atoms with Gasteiger partial charge >= 0.3 is 24.6 Å². The number of alkyl halides is 12. The van der Waals surface area contributed by atoms with E-state index in [1.807, 2.05) is 5.32 Å². The Bertz CT molecular complexity index is 1820. The number of nitrogens with one attached hydrogen (secondary N) is 3. The fourth-order valence-corrected chi connectivity index (χ4v) is 5.57. The largest absolute Gasteiger partial charge is 0.527 e. The number of amides is 2. The first-order valence-corrected chi connectivity index (χ1v) is 14.3. The molecule has 0 bridgehead atoms. The first kappa shape index (κ1) is 39.1. The average Bonchev–Trinajstić information content (AvgIpc) is 3.55. The van der Waals surface area contributed by atoms with Crippen molar-refractivity contribution in [1.82, 2.24) is 0 Å². The van der Waals surface area contributed by atoms with Crippen molar-refractivity contribution in [3.05, 3.63) is 87.7 Å². The number of carbonyl (C=O) groups is 2. The van der Waals surface area contributed by atoms with Crippen LogP contribution in [0, 0.1) is 23.4 Å². The summed E-state index contributed by atoms with van der Waals surface area (Å²) >= 11 is 18.3. The van der Waals surface area contributed by atoms with E-state index in [1.165, 1.54) is 5.32 Å². The molecule has 0 aromatic heterocycles. The maximum absolute atomic E-state index is 15.0. The lowest BCUT2D eigenvalue weighted by Crippen LogP contribution is -2.50. The van der Waals surface area contributed by atoms with E-state index in [2.05, 4.69) is 10.1 Å². The summed E-state index contributed by atoms with van der Waals surface area (Å²) in [4.78, 5) is 25.9. The molecule has 0 radical (unpaired) electrons. The number of rotatable bonds is 10. The zero-order valence-corrected chi connectivity index (χ0v) is 26.0. The van der Waals surface area contributed by atoms with Gasteiger partial charge < -0.3 is 16.0 Å². The summed E-state index contributed by atoms with van der Waals surface area (Å²) in [5, 5.41) is 5.04. The molecular weight excluding hydrogens is 780 g/mol. The third kappa shape index (κ3) is 8.26. The second-order valence-corrected chi connectivity index (χ2v) is 12.3. The molecule has 0 saturated heterocycles. The van der Waals surface area contributed by atoms with Gasteiger partial charge in [0.15, 0.2) is 5.82 Å². The summed E-state index contributed by atoms with van der Waals surface area (Å²) in [6, 6.07) is 5.92. The number of anilines is 3. The maximum atomic E-state index is 15.0. The maximum Gasteiger partial charge on any atom is 0.527 e. The fourth-order valence-electron chi connectivity index (χ4n) is 4.54. The van der Waals surface area contributed by atoms with Crippen LogP contribution in [-0.2, 0) is 15.7 Å². The van der Waals surface area contributed by atoms with Crippen LogP contribution >= 0.6 is 34.8 Å². The molecule has 3 aromatic carbocycles. The van der Waals surface area contributed by atoms with Gasteiger partial charge in [0.2, 0.25) is 5.91 Å². The molecule has 22 heteroatoms. The van der Waals surface area contributed by atoms with Gasteiger partial charge in [0.25, 0.3) is 5.91 Å². The summed E-state index contributed by atoms with van der Waals surface area (Å²) in [6.07, 6.45) is -17.5. The molecule has 3 aromatic rings. The first-order chi connectivity index (χ1) is 22.8. The lowest BCUT2D eigenvalue weighted by molar-refractivity contribution is -0.463. The molecule has 1 aliphatic rings. The highest BCUT2D eigenvalue weighted by molar-refractivity contribution is 6.53. The number of benzene rings is 3. The Labute approximate surface area is 285 Å². The van der Waals surface area contributed by atoms with Gasteiger partial charge in [-0.25, -0.2) is 17.9 Å². The second kappa shape index (κ2) is 13.5. The van der Waals surface area contributed by atoms with Gasteiger partial charge in [-0.15, -0.1) is 36.4 Å². The summed E-state index contributed by atoms with van der Waals surface area (Å²) < 4.78 is 173. The van der Waals surface area contributed by atoms with Crippen molar-refractivity contribution >= 4 is 63.7 Å². The van der Waals surface area contributed by atoms with Gasteiger partial charge in [0.1, 0.15) is 21.7 Å². The van der Waals surface area contributed by atoms with Gasteiger partial charge in [0, 0.05) is 11.6 Å². The van der Waals surface area contributed by atoms with E-state index in [-0.39, 0.29) is 16.3 Å². The van der Waals surface area contributed by atoms with Crippen molar-refractivity contribution in [1.29, 1.82) is 0 Å². The van der Waals surface area contributed by atoms with Crippen LogP contribution in [0.1, 0.15) is 27.4 Å². The van der Waals surface area contributed by atoms with Crippen LogP contribution in [0.25, 0.3) is 0 Å². The molecule has 1 aliphatic carbocycles. The van der Waals surface area contributed by atoms with Crippen molar-refractivity contribution in [3.8, 4) is 0 Å². The van der Waals surface area contributed by atoms with Crippen molar-refractivity contribution in [2.75, 3.05) is 22.5 Å². The lowest BCUT2D eigenvalue weighted by Gasteiger charge is -2.27. The highest BCUT2D eigenvalue weighted by Gasteiger charge is 2.68. The van der Waals surface area contributed by atoms with E-state index >= 15 is 4.39 Å². The predicted molar refractivity (Wildman–Crippen MR) is 152 cm³/mol. The molecule has 0 aliphatic heterocycles. The molecule has 3 N–H and O–H groups in total. The quantitative estimate of drug-likeness (QED) is 0.141. The molecule has 1 fully saturated rings. The number of halogens is 16. The molecule has 0 unspecified atom stereocenters. The summed E-state index contributed by atoms with van der Waals surface area (Å²) in [5.41, 5.74) is -5.12. The molecule has 6 nitrogen and oxygen atoms in total. The van der Waals surface area contributed by atoms with E-state index in [9.17, 15) is 62.3 Å². The highest BCUT2D eigenvalue weighted by Crippen LogP contribution is 2.65. The molecule has 4 rings (SSSR count). The summed E-state index contributed by atoms with van der Waals surface area (Å²) in [7, 11) is 0. The van der Waals surface area contributed by atoms with E-state index < -0.39 is 99.1 Å². The normalized spacial score (nSPS) is 17.7. The molecule has 0 heterocycles. The number of carbonyl (C=O) groups excluding carboxylic acids is 2. The standard InChI is InChI=1S/C28H15Cl3F13N3O3/c29-14-3-2-11(46-23(49)19-18(25(19,30)31)10-1-4-15(32)13(7-10)26(37,38)39)8-12(14)22(48)47-17-6-5-16(33)21(20(17)34)45-9-24(35,36)27(40,41)50-28(42,43)44/h1-8,18-19,45H,9H2,(H,46,49)(H,47,48)/t18-,19+/m0/s1. The third-order valence-corrected chi connectivity index (χ3v) is 8.24. The minimum absolute atomic E-state index is 0.208. The Balaban J connectivity index is 1.50. The van der Waals surface area contributed by atoms with Gasteiger partial charge in [-0.3, -0.25) is 9.59 Å². The van der Waals surface area contributed by atoms with Crippen molar-refractivity contribution in [3.63, 3.8) is 0 Å². The van der Waals surface area contributed by atoms with Gasteiger partial charge in [-0.1, -0.05) is 17.7 Å². The number of hydrogen-bond acceptors (Lipinski definition) is 4. The zero-order valence-electron chi connectivity index (χ0n) is 23.8. The van der Waals surface area contributed by atoms with Crippen LogP contribution in [0.5, 0.6) is 0 Å². The Morgan fingerprint density at radius 2 is 1.44 bits per heavy atom. The van der Waals surface area contributed by atoms with E-state index in [0.717, 1.165) is 24.3 Å². The van der Waals surface area contributed by atoms with E-state index in [0.29, 0.717) is 24.3 Å². The number of ether oxygens (including phenoxy) is 1. The molecule has 2 atom stereocenters. The van der Waals surface area contributed by atoms with Crippen molar-refractivity contribution < 1.29 is 71.4 Å². The average molecular weight is 795 g/mol. The van der Waals surface area contributed by atoms with Gasteiger partial charge in [-0.2, -0.15) is 30.7 Å². The highest BCUT2D eigenvalue weighted by atomic mass is 35.5. The van der Waals surface area contributed by atoms with Crippen LogP contribution in [0.3, 0.4) is 0 Å².